The van der Waals surface area contributed by atoms with E-state index in [2.05, 4.69) is 20.9 Å². The first-order valence-corrected chi connectivity index (χ1v) is 12.1. The lowest BCUT2D eigenvalue weighted by Crippen LogP contribution is -2.57. The van der Waals surface area contributed by atoms with Crippen molar-refractivity contribution in [1.82, 2.24) is 20.9 Å². The molecule has 0 spiro atoms. The summed E-state index contributed by atoms with van der Waals surface area (Å²) in [5, 5.41) is 27.2. The Hall–Kier alpha value is -3.09. The molecule has 3 amide bonds. The maximum atomic E-state index is 12.6. The van der Waals surface area contributed by atoms with Crippen molar-refractivity contribution in [3.8, 4) is 0 Å². The van der Waals surface area contributed by atoms with Crippen LogP contribution in [0.2, 0.25) is 0 Å². The van der Waals surface area contributed by atoms with Crippen LogP contribution in [-0.4, -0.2) is 81.7 Å². The van der Waals surface area contributed by atoms with Gasteiger partial charge in [0, 0.05) is 17.1 Å². The Bertz CT molecular complexity index is 1010. The molecule has 0 aliphatic heterocycles. The van der Waals surface area contributed by atoms with Crippen LogP contribution in [0.3, 0.4) is 0 Å². The third-order valence-electron chi connectivity index (χ3n) is 5.18. The Kier molecular flexibility index (Phi) is 10.4. The van der Waals surface area contributed by atoms with E-state index in [1.165, 1.54) is 18.7 Å². The minimum absolute atomic E-state index is 0.207. The number of nitrogens with one attached hydrogen (secondary N) is 4. The fourth-order valence-electron chi connectivity index (χ4n) is 3.31. The number of para-hydroxylation sites is 1. The van der Waals surface area contributed by atoms with Gasteiger partial charge >= 0.3 is 5.97 Å². The van der Waals surface area contributed by atoms with E-state index in [4.69, 9.17) is 5.73 Å². The van der Waals surface area contributed by atoms with Crippen LogP contribution in [-0.2, 0) is 25.6 Å². The fourth-order valence-corrected chi connectivity index (χ4v) is 3.78. The number of carboxylic acids is 1. The van der Waals surface area contributed by atoms with E-state index in [-0.39, 0.29) is 12.8 Å². The first kappa shape index (κ1) is 27.2. The Morgan fingerprint density at radius 2 is 1.85 bits per heavy atom. The zero-order valence-corrected chi connectivity index (χ0v) is 19.9. The van der Waals surface area contributed by atoms with Gasteiger partial charge in [-0.25, -0.2) is 4.79 Å². The number of rotatable bonds is 13. The maximum Gasteiger partial charge on any atom is 0.326 e. The number of benzene rings is 1. The zero-order valence-electron chi connectivity index (χ0n) is 19.0. The number of fused-ring (bicyclic) bond motifs is 1. The normalized spacial score (nSPS) is 14.6. The molecule has 1 aromatic carbocycles. The molecule has 1 aromatic heterocycles. The van der Waals surface area contributed by atoms with Crippen LogP contribution in [0.25, 0.3) is 10.9 Å². The average Bonchev–Trinajstić information content (AvgIpc) is 3.20. The molecule has 2 aromatic rings. The van der Waals surface area contributed by atoms with Crippen LogP contribution in [0.15, 0.2) is 30.5 Å². The van der Waals surface area contributed by atoms with Gasteiger partial charge in [0.25, 0.3) is 0 Å². The molecule has 11 nitrogen and oxygen atoms in total. The van der Waals surface area contributed by atoms with Crippen molar-refractivity contribution in [3.05, 3.63) is 36.0 Å². The molecule has 12 heteroatoms. The van der Waals surface area contributed by atoms with Crippen LogP contribution in [0.1, 0.15) is 18.9 Å². The summed E-state index contributed by atoms with van der Waals surface area (Å²) >= 11 is 1.44. The van der Waals surface area contributed by atoms with Gasteiger partial charge in [-0.1, -0.05) is 18.2 Å². The van der Waals surface area contributed by atoms with Crippen molar-refractivity contribution in [2.45, 2.75) is 44.0 Å². The highest BCUT2D eigenvalue weighted by Crippen LogP contribution is 2.18. The van der Waals surface area contributed by atoms with Gasteiger partial charge in [-0.2, -0.15) is 11.8 Å². The molecule has 4 unspecified atom stereocenters. The second-order valence-corrected chi connectivity index (χ2v) is 8.84. The molecule has 8 N–H and O–H groups in total. The van der Waals surface area contributed by atoms with Crippen LogP contribution in [0.4, 0.5) is 0 Å². The number of amides is 3. The van der Waals surface area contributed by atoms with E-state index in [1.54, 1.807) is 6.20 Å². The molecular weight excluding hydrogens is 462 g/mol. The third-order valence-corrected chi connectivity index (χ3v) is 5.83. The number of carboxylic acid groups (broad SMARTS) is 1. The molecule has 4 atom stereocenters. The molecule has 0 saturated carbocycles. The van der Waals surface area contributed by atoms with Crippen molar-refractivity contribution < 1.29 is 29.4 Å². The van der Waals surface area contributed by atoms with Gasteiger partial charge in [0.05, 0.1) is 18.7 Å². The number of aliphatic hydroxyl groups excluding tert-OH is 1. The number of hydrogen-bond donors (Lipinski definition) is 7. The highest BCUT2D eigenvalue weighted by molar-refractivity contribution is 7.98. The maximum absolute atomic E-state index is 12.6. The van der Waals surface area contributed by atoms with Gasteiger partial charge in [0.1, 0.15) is 12.1 Å². The van der Waals surface area contributed by atoms with Gasteiger partial charge < -0.3 is 36.9 Å². The lowest BCUT2D eigenvalue weighted by Gasteiger charge is -2.23. The van der Waals surface area contributed by atoms with Crippen LogP contribution >= 0.6 is 11.8 Å². The molecule has 1 heterocycles. The Balaban J connectivity index is 1.91. The number of hydrogen-bond acceptors (Lipinski definition) is 7. The highest BCUT2D eigenvalue weighted by atomic mass is 32.2. The van der Waals surface area contributed by atoms with Crippen LogP contribution in [0, 0.1) is 0 Å². The van der Waals surface area contributed by atoms with Gasteiger partial charge in [-0.05, 0) is 43.4 Å². The number of aliphatic carboxylic acids is 1. The minimum Gasteiger partial charge on any atom is -0.480 e. The highest BCUT2D eigenvalue weighted by Gasteiger charge is 2.29. The van der Waals surface area contributed by atoms with Crippen molar-refractivity contribution >= 4 is 46.4 Å². The first-order valence-electron chi connectivity index (χ1n) is 10.7. The Labute approximate surface area is 201 Å². The SMILES string of the molecule is CSCCC(NC(=O)CNC(=O)C(NC(=O)C(N)Cc1c[nH]c2ccccc12)C(C)O)C(=O)O. The van der Waals surface area contributed by atoms with E-state index in [0.29, 0.717) is 5.75 Å². The minimum atomic E-state index is -1.35. The second-order valence-electron chi connectivity index (χ2n) is 7.85. The number of carbonyl (C=O) groups excluding carboxylic acids is 3. The van der Waals surface area contributed by atoms with E-state index in [0.717, 1.165) is 16.5 Å². The molecule has 34 heavy (non-hydrogen) atoms. The second kappa shape index (κ2) is 13.0. The summed E-state index contributed by atoms with van der Waals surface area (Å²) in [6.07, 6.45) is 2.76. The van der Waals surface area contributed by atoms with Crippen molar-refractivity contribution in [1.29, 1.82) is 0 Å². The summed E-state index contributed by atoms with van der Waals surface area (Å²) in [6.45, 7) is 0.807. The third kappa shape index (κ3) is 7.75. The molecule has 0 bridgehead atoms. The standard InChI is InChI=1S/C22H31N5O6S/c1-12(28)19(21(31)25-11-18(29)26-17(22(32)33)7-8-34-2)27-20(30)15(23)9-13-10-24-16-6-4-3-5-14(13)16/h3-6,10,12,15,17,19,24,28H,7-9,11,23H2,1-2H3,(H,25,31)(H,26,29)(H,27,30)(H,32,33). The van der Waals surface area contributed by atoms with Crippen LogP contribution in [0.5, 0.6) is 0 Å². The number of thioether (sulfide) groups is 1. The van der Waals surface area contributed by atoms with E-state index in [1.807, 2.05) is 30.5 Å². The number of aliphatic hydroxyl groups is 1. The first-order chi connectivity index (χ1) is 16.1. The van der Waals surface area contributed by atoms with E-state index in [9.17, 15) is 29.4 Å². The Morgan fingerprint density at radius 3 is 2.50 bits per heavy atom. The molecule has 186 valence electrons. The number of carbonyl (C=O) groups is 4. The van der Waals surface area contributed by atoms with Gasteiger partial charge in [-0.3, -0.25) is 14.4 Å². The van der Waals surface area contributed by atoms with E-state index < -0.39 is 54.5 Å². The summed E-state index contributed by atoms with van der Waals surface area (Å²) in [4.78, 5) is 51.5. The predicted octanol–water partition coefficient (Wildman–Crippen LogP) is -0.658. The van der Waals surface area contributed by atoms with Crippen molar-refractivity contribution in [3.63, 3.8) is 0 Å². The summed E-state index contributed by atoms with van der Waals surface area (Å²) in [5.74, 6) is -2.77. The smallest absolute Gasteiger partial charge is 0.326 e. The summed E-state index contributed by atoms with van der Waals surface area (Å²) in [6, 6.07) is 4.15. The quantitative estimate of drug-likeness (QED) is 0.192. The fraction of sp³-hybridized carbons (Fsp3) is 0.455. The zero-order chi connectivity index (χ0) is 25.3. The van der Waals surface area contributed by atoms with Gasteiger partial charge in [0.2, 0.25) is 17.7 Å². The van der Waals surface area contributed by atoms with Crippen molar-refractivity contribution in [2.75, 3.05) is 18.6 Å². The summed E-state index contributed by atoms with van der Waals surface area (Å²) in [5.41, 5.74) is 7.77. The average molecular weight is 494 g/mol. The molecule has 2 rings (SSSR count). The molecule has 0 aliphatic carbocycles. The van der Waals surface area contributed by atoms with Crippen molar-refractivity contribution in [2.24, 2.45) is 5.73 Å². The number of nitrogens with two attached hydrogens (primary N) is 1. The predicted molar refractivity (Wildman–Crippen MR) is 129 cm³/mol. The molecule has 0 saturated heterocycles. The molecule has 0 aliphatic rings. The number of aromatic amines is 1. The lowest BCUT2D eigenvalue weighted by molar-refractivity contribution is -0.141. The lowest BCUT2D eigenvalue weighted by atomic mass is 10.0. The van der Waals surface area contributed by atoms with Gasteiger partial charge in [-0.15, -0.1) is 0 Å². The Morgan fingerprint density at radius 1 is 1.15 bits per heavy atom. The van der Waals surface area contributed by atoms with E-state index >= 15 is 0 Å². The van der Waals surface area contributed by atoms with Crippen LogP contribution < -0.4 is 21.7 Å². The number of H-pyrrole nitrogens is 1. The molecular formula is C22H31N5O6S. The topological polar surface area (TPSA) is 187 Å². The summed E-state index contributed by atoms with van der Waals surface area (Å²) < 4.78 is 0. The summed E-state index contributed by atoms with van der Waals surface area (Å²) in [7, 11) is 0. The molecule has 0 radical (unpaired) electrons. The molecule has 0 fully saturated rings. The largest absolute Gasteiger partial charge is 0.480 e. The monoisotopic (exact) mass is 493 g/mol. The van der Waals surface area contributed by atoms with Gasteiger partial charge in [0.15, 0.2) is 0 Å². The number of aromatic nitrogens is 1.